The van der Waals surface area contributed by atoms with Crippen LogP contribution >= 0.6 is 0 Å². The molecule has 1 aromatic heterocycles. The Hall–Kier alpha value is -2.97. The highest BCUT2D eigenvalue weighted by Crippen LogP contribution is 2.25. The van der Waals surface area contributed by atoms with Gasteiger partial charge in [0.25, 0.3) is 0 Å². The molecule has 1 N–H and O–H groups in total. The van der Waals surface area contributed by atoms with Gasteiger partial charge in [0, 0.05) is 31.2 Å². The molecule has 2 unspecified atom stereocenters. The van der Waals surface area contributed by atoms with Crippen LogP contribution in [0.1, 0.15) is 31.4 Å². The van der Waals surface area contributed by atoms with E-state index in [2.05, 4.69) is 10.3 Å². The molecule has 1 amide bonds. The van der Waals surface area contributed by atoms with E-state index in [-0.39, 0.29) is 29.3 Å². The zero-order chi connectivity index (χ0) is 21.8. The zero-order valence-corrected chi connectivity index (χ0v) is 18.2. The van der Waals surface area contributed by atoms with Crippen molar-refractivity contribution in [2.45, 2.75) is 30.7 Å². The van der Waals surface area contributed by atoms with Gasteiger partial charge in [0.15, 0.2) is 0 Å². The Morgan fingerprint density at radius 1 is 1.13 bits per heavy atom. The van der Waals surface area contributed by atoms with Gasteiger partial charge in [-0.05, 0) is 49.6 Å². The molecule has 2 aromatic carbocycles. The second kappa shape index (κ2) is 9.03. The van der Waals surface area contributed by atoms with Gasteiger partial charge >= 0.3 is 0 Å². The number of carbonyl (C=O) groups excluding carboxylic acids is 1. The molecular weight excluding hydrogens is 412 g/mol. The second-order valence-corrected chi connectivity index (χ2v) is 9.74. The highest BCUT2D eigenvalue weighted by Gasteiger charge is 2.33. The Bertz CT molecular complexity index is 1110. The maximum absolute atomic E-state index is 12.9. The summed E-state index contributed by atoms with van der Waals surface area (Å²) >= 11 is 0. The van der Waals surface area contributed by atoms with Crippen molar-refractivity contribution >= 4 is 15.9 Å². The van der Waals surface area contributed by atoms with E-state index >= 15 is 0 Å². The van der Waals surface area contributed by atoms with Crippen molar-refractivity contribution in [1.29, 1.82) is 0 Å². The quantitative estimate of drug-likeness (QED) is 0.641. The fourth-order valence-electron chi connectivity index (χ4n) is 3.88. The summed E-state index contributed by atoms with van der Waals surface area (Å²) in [6.07, 6.45) is 6.68. The van der Waals surface area contributed by atoms with Gasteiger partial charge in [-0.15, -0.1) is 0 Å². The number of sulfonamides is 1. The monoisotopic (exact) mass is 438 g/mol. The summed E-state index contributed by atoms with van der Waals surface area (Å²) in [4.78, 5) is 17.2. The number of hydrogen-bond acceptors (Lipinski definition) is 4. The third-order valence-corrected chi connectivity index (χ3v) is 7.57. The van der Waals surface area contributed by atoms with E-state index in [1.54, 1.807) is 42.9 Å². The Labute approximate surface area is 182 Å². The number of rotatable bonds is 6. The van der Waals surface area contributed by atoms with Crippen LogP contribution in [0.15, 0.2) is 78.2 Å². The largest absolute Gasteiger partial charge is 0.349 e. The summed E-state index contributed by atoms with van der Waals surface area (Å²) in [6, 6.07) is 16.1. The number of carbonyl (C=O) groups is 1. The van der Waals surface area contributed by atoms with Crippen LogP contribution in [0.3, 0.4) is 0 Å². The van der Waals surface area contributed by atoms with Crippen molar-refractivity contribution in [2.75, 3.05) is 13.1 Å². The molecule has 3 aromatic rings. The van der Waals surface area contributed by atoms with Gasteiger partial charge < -0.3 is 9.88 Å². The minimum atomic E-state index is -3.59. The first-order chi connectivity index (χ1) is 14.9. The lowest BCUT2D eigenvalue weighted by molar-refractivity contribution is -0.126. The average Bonchev–Trinajstić information content (AvgIpc) is 3.35. The molecular formula is C23H26N4O3S. The van der Waals surface area contributed by atoms with Crippen molar-refractivity contribution in [3.8, 4) is 5.69 Å². The molecule has 8 heteroatoms. The summed E-state index contributed by atoms with van der Waals surface area (Å²) in [5.74, 6) is -0.473. The van der Waals surface area contributed by atoms with Gasteiger partial charge in [0.2, 0.25) is 15.9 Å². The van der Waals surface area contributed by atoms with E-state index in [4.69, 9.17) is 0 Å². The number of imidazole rings is 1. The van der Waals surface area contributed by atoms with Gasteiger partial charge in [-0.2, -0.15) is 4.31 Å². The van der Waals surface area contributed by atoms with Gasteiger partial charge in [-0.3, -0.25) is 4.79 Å². The van der Waals surface area contributed by atoms with Gasteiger partial charge in [0.1, 0.15) is 0 Å². The lowest BCUT2D eigenvalue weighted by Gasteiger charge is -2.32. The molecule has 2 heterocycles. The van der Waals surface area contributed by atoms with E-state index in [1.165, 1.54) is 4.31 Å². The molecule has 1 aliphatic rings. The molecule has 0 radical (unpaired) electrons. The maximum Gasteiger partial charge on any atom is 0.243 e. The van der Waals surface area contributed by atoms with Crippen LogP contribution in [-0.2, 0) is 14.8 Å². The van der Waals surface area contributed by atoms with Crippen LogP contribution in [0.25, 0.3) is 5.69 Å². The van der Waals surface area contributed by atoms with Crippen LogP contribution < -0.4 is 5.32 Å². The van der Waals surface area contributed by atoms with E-state index in [0.29, 0.717) is 19.4 Å². The van der Waals surface area contributed by atoms with Crippen molar-refractivity contribution in [3.05, 3.63) is 78.9 Å². The number of benzene rings is 2. The maximum atomic E-state index is 12.9. The number of nitrogens with zero attached hydrogens (tertiary/aromatic N) is 3. The molecule has 4 rings (SSSR count). The van der Waals surface area contributed by atoms with Crippen LogP contribution in [0, 0.1) is 5.92 Å². The van der Waals surface area contributed by atoms with E-state index < -0.39 is 10.0 Å². The van der Waals surface area contributed by atoms with E-state index in [1.807, 2.05) is 42.0 Å². The first-order valence-electron chi connectivity index (χ1n) is 10.4. The Balaban J connectivity index is 1.40. The van der Waals surface area contributed by atoms with Gasteiger partial charge in [-0.1, -0.05) is 30.3 Å². The molecule has 2 atom stereocenters. The van der Waals surface area contributed by atoms with Crippen LogP contribution in [0.5, 0.6) is 0 Å². The van der Waals surface area contributed by atoms with Crippen LogP contribution in [-0.4, -0.2) is 41.3 Å². The fourth-order valence-corrected chi connectivity index (χ4v) is 5.42. The smallest absolute Gasteiger partial charge is 0.243 e. The van der Waals surface area contributed by atoms with Gasteiger partial charge in [0.05, 0.1) is 23.2 Å². The predicted molar refractivity (Wildman–Crippen MR) is 118 cm³/mol. The number of piperidine rings is 1. The first kappa shape index (κ1) is 21.3. The minimum Gasteiger partial charge on any atom is -0.349 e. The van der Waals surface area contributed by atoms with Crippen molar-refractivity contribution in [2.24, 2.45) is 5.92 Å². The number of amides is 1. The number of nitrogens with one attached hydrogen (secondary N) is 1. The summed E-state index contributed by atoms with van der Waals surface area (Å²) in [5.41, 5.74) is 1.98. The molecule has 0 saturated carbocycles. The molecule has 1 fully saturated rings. The molecule has 1 saturated heterocycles. The zero-order valence-electron chi connectivity index (χ0n) is 17.4. The van der Waals surface area contributed by atoms with Crippen LogP contribution in [0.2, 0.25) is 0 Å². The third kappa shape index (κ3) is 4.70. The normalized spacial score (nSPS) is 18.4. The molecule has 0 aliphatic carbocycles. The number of aromatic nitrogens is 2. The Morgan fingerprint density at radius 2 is 1.87 bits per heavy atom. The Morgan fingerprint density at radius 3 is 2.55 bits per heavy atom. The molecule has 1 aliphatic heterocycles. The second-order valence-electron chi connectivity index (χ2n) is 7.81. The summed E-state index contributed by atoms with van der Waals surface area (Å²) < 4.78 is 29.2. The molecule has 7 nitrogen and oxygen atoms in total. The average molecular weight is 439 g/mol. The molecule has 0 bridgehead atoms. The van der Waals surface area contributed by atoms with Crippen LogP contribution in [0.4, 0.5) is 0 Å². The third-order valence-electron chi connectivity index (χ3n) is 5.69. The first-order valence-corrected chi connectivity index (χ1v) is 11.8. The van der Waals surface area contributed by atoms with Crippen molar-refractivity contribution in [3.63, 3.8) is 0 Å². The summed E-state index contributed by atoms with van der Waals surface area (Å²) in [6.45, 7) is 2.58. The highest BCUT2D eigenvalue weighted by molar-refractivity contribution is 7.89. The molecule has 162 valence electrons. The standard InChI is InChI=1S/C23H26N4O3S/c1-18(19-9-11-21(12-10-19)26-15-13-24-17-26)25-23(28)20-6-5-14-27(16-20)31(29,30)22-7-3-2-4-8-22/h2-4,7-13,15,17-18,20H,5-6,14,16H2,1H3,(H,25,28). The number of hydrogen-bond donors (Lipinski definition) is 1. The lowest BCUT2D eigenvalue weighted by Crippen LogP contribution is -2.45. The van der Waals surface area contributed by atoms with E-state index in [9.17, 15) is 13.2 Å². The van der Waals surface area contributed by atoms with Crippen molar-refractivity contribution < 1.29 is 13.2 Å². The topological polar surface area (TPSA) is 84.3 Å². The molecule has 0 spiro atoms. The van der Waals surface area contributed by atoms with Crippen molar-refractivity contribution in [1.82, 2.24) is 19.2 Å². The highest BCUT2D eigenvalue weighted by atomic mass is 32.2. The SMILES string of the molecule is CC(NC(=O)C1CCCN(S(=O)(=O)c2ccccc2)C1)c1ccc(-n2ccnc2)cc1. The minimum absolute atomic E-state index is 0.112. The lowest BCUT2D eigenvalue weighted by atomic mass is 9.98. The summed E-state index contributed by atoms with van der Waals surface area (Å²) in [5, 5.41) is 3.05. The van der Waals surface area contributed by atoms with E-state index in [0.717, 1.165) is 11.3 Å². The summed E-state index contributed by atoms with van der Waals surface area (Å²) in [7, 11) is -3.59. The molecule has 31 heavy (non-hydrogen) atoms. The van der Waals surface area contributed by atoms with Gasteiger partial charge in [-0.25, -0.2) is 13.4 Å². The Kier molecular flexibility index (Phi) is 6.20. The fraction of sp³-hybridized carbons (Fsp3) is 0.304. The predicted octanol–water partition coefficient (Wildman–Crippen LogP) is 3.15.